The summed E-state index contributed by atoms with van der Waals surface area (Å²) in [7, 11) is 0. The minimum atomic E-state index is -0.339. The average molecular weight is 457 g/mol. The minimum absolute atomic E-state index is 0.339. The van der Waals surface area contributed by atoms with Crippen molar-refractivity contribution in [2.45, 2.75) is 13.5 Å². The summed E-state index contributed by atoms with van der Waals surface area (Å²) in [6.45, 7) is 2.63. The number of para-hydroxylation sites is 1. The van der Waals surface area contributed by atoms with Crippen molar-refractivity contribution >= 4 is 29.0 Å². The average Bonchev–Trinajstić information content (AvgIpc) is 3.29. The first-order chi connectivity index (χ1) is 16.1. The number of benzene rings is 3. The van der Waals surface area contributed by atoms with Crippen LogP contribution in [0.25, 0.3) is 16.9 Å². The van der Waals surface area contributed by atoms with Crippen molar-refractivity contribution in [3.63, 3.8) is 0 Å². The van der Waals surface area contributed by atoms with Crippen molar-refractivity contribution in [1.29, 1.82) is 0 Å². The third-order valence-corrected chi connectivity index (χ3v) is 5.20. The van der Waals surface area contributed by atoms with E-state index in [-0.39, 0.29) is 5.97 Å². The number of hydrogen-bond donors (Lipinski definition) is 2. The standard InChI is InChI=1S/C26H24N4O2S/c1-2-32-25(31)20-13-15-22(16-14-20)28-26(33)27-17-21-18-30(23-11-7-4-8-12-23)29-24(21)19-9-5-3-6-10-19/h3-16,18H,2,17H2,1H3,(H2,27,28,33). The molecule has 6 nitrogen and oxygen atoms in total. The Hall–Kier alpha value is -3.97. The fourth-order valence-corrected chi connectivity index (χ4v) is 3.54. The lowest BCUT2D eigenvalue weighted by Crippen LogP contribution is -2.28. The number of nitrogens with one attached hydrogen (secondary N) is 2. The highest BCUT2D eigenvalue weighted by molar-refractivity contribution is 7.80. The summed E-state index contributed by atoms with van der Waals surface area (Å²) >= 11 is 5.48. The second kappa shape index (κ2) is 10.6. The molecule has 166 valence electrons. The summed E-state index contributed by atoms with van der Waals surface area (Å²) in [6, 6.07) is 27.1. The molecule has 7 heteroatoms. The lowest BCUT2D eigenvalue weighted by molar-refractivity contribution is 0.0526. The van der Waals surface area contributed by atoms with Gasteiger partial charge in [0, 0.05) is 29.6 Å². The van der Waals surface area contributed by atoms with Gasteiger partial charge in [-0.15, -0.1) is 0 Å². The van der Waals surface area contributed by atoms with E-state index in [2.05, 4.69) is 10.6 Å². The number of aromatic nitrogens is 2. The van der Waals surface area contributed by atoms with Gasteiger partial charge in [-0.1, -0.05) is 48.5 Å². The van der Waals surface area contributed by atoms with Crippen LogP contribution in [0.3, 0.4) is 0 Å². The van der Waals surface area contributed by atoms with Gasteiger partial charge in [-0.3, -0.25) is 0 Å². The van der Waals surface area contributed by atoms with E-state index in [9.17, 15) is 4.79 Å². The molecule has 0 saturated carbocycles. The maximum atomic E-state index is 11.8. The second-order valence-corrected chi connectivity index (χ2v) is 7.66. The molecule has 0 fully saturated rings. The number of carbonyl (C=O) groups is 1. The highest BCUT2D eigenvalue weighted by atomic mass is 32.1. The van der Waals surface area contributed by atoms with Crippen molar-refractivity contribution < 1.29 is 9.53 Å². The molecule has 0 bridgehead atoms. The molecule has 0 atom stereocenters. The highest BCUT2D eigenvalue weighted by Gasteiger charge is 2.13. The van der Waals surface area contributed by atoms with E-state index in [1.807, 2.05) is 71.5 Å². The Balaban J connectivity index is 1.46. The number of nitrogens with zero attached hydrogens (tertiary/aromatic N) is 2. The normalized spacial score (nSPS) is 10.5. The Morgan fingerprint density at radius 2 is 1.64 bits per heavy atom. The Bertz CT molecular complexity index is 1220. The van der Waals surface area contributed by atoms with Crippen LogP contribution in [-0.4, -0.2) is 27.5 Å². The first kappa shape index (κ1) is 22.2. The number of thiocarbonyl (C=S) groups is 1. The smallest absolute Gasteiger partial charge is 0.338 e. The Morgan fingerprint density at radius 3 is 2.30 bits per heavy atom. The monoisotopic (exact) mass is 456 g/mol. The summed E-state index contributed by atoms with van der Waals surface area (Å²) in [5.41, 5.74) is 5.23. The first-order valence-electron chi connectivity index (χ1n) is 10.7. The van der Waals surface area contributed by atoms with Crippen molar-refractivity contribution in [1.82, 2.24) is 15.1 Å². The topological polar surface area (TPSA) is 68.2 Å². The Kier molecular flexibility index (Phi) is 7.12. The van der Waals surface area contributed by atoms with E-state index in [1.54, 1.807) is 31.2 Å². The van der Waals surface area contributed by atoms with Gasteiger partial charge < -0.3 is 15.4 Å². The molecule has 4 rings (SSSR count). The van der Waals surface area contributed by atoms with Crippen molar-refractivity contribution in [2.75, 3.05) is 11.9 Å². The number of rotatable bonds is 7. The van der Waals surface area contributed by atoms with Gasteiger partial charge >= 0.3 is 5.97 Å². The predicted molar refractivity (Wildman–Crippen MR) is 134 cm³/mol. The second-order valence-electron chi connectivity index (χ2n) is 7.25. The number of carbonyl (C=O) groups excluding carboxylic acids is 1. The van der Waals surface area contributed by atoms with Crippen LogP contribution in [0.4, 0.5) is 5.69 Å². The van der Waals surface area contributed by atoms with Crippen molar-refractivity contribution in [3.05, 3.63) is 102 Å². The molecule has 2 N–H and O–H groups in total. The van der Waals surface area contributed by atoms with Crippen LogP contribution >= 0.6 is 12.2 Å². The Labute approximate surface area is 198 Å². The molecule has 0 unspecified atom stereocenters. The van der Waals surface area contributed by atoms with Crippen LogP contribution < -0.4 is 10.6 Å². The maximum absolute atomic E-state index is 11.8. The number of ether oxygens (including phenoxy) is 1. The molecule has 0 aliphatic rings. The predicted octanol–water partition coefficient (Wildman–Crippen LogP) is 5.20. The van der Waals surface area contributed by atoms with E-state index in [0.29, 0.717) is 23.8 Å². The molecular formula is C26H24N4O2S. The number of esters is 1. The van der Waals surface area contributed by atoms with Gasteiger partial charge in [0.05, 0.1) is 23.6 Å². The summed E-state index contributed by atoms with van der Waals surface area (Å²) in [4.78, 5) is 11.8. The Morgan fingerprint density at radius 1 is 0.970 bits per heavy atom. The fraction of sp³-hybridized carbons (Fsp3) is 0.115. The largest absolute Gasteiger partial charge is 0.462 e. The van der Waals surface area contributed by atoms with Crippen LogP contribution in [0.5, 0.6) is 0 Å². The molecule has 33 heavy (non-hydrogen) atoms. The third kappa shape index (κ3) is 5.64. The van der Waals surface area contributed by atoms with Gasteiger partial charge in [0.25, 0.3) is 0 Å². The summed E-state index contributed by atoms with van der Waals surface area (Å²) in [5.74, 6) is -0.339. The number of anilines is 1. The zero-order chi connectivity index (χ0) is 23.0. The van der Waals surface area contributed by atoms with Crippen LogP contribution in [-0.2, 0) is 11.3 Å². The number of hydrogen-bond acceptors (Lipinski definition) is 4. The lowest BCUT2D eigenvalue weighted by Gasteiger charge is -2.11. The zero-order valence-electron chi connectivity index (χ0n) is 18.2. The molecule has 0 radical (unpaired) electrons. The lowest BCUT2D eigenvalue weighted by atomic mass is 10.1. The third-order valence-electron chi connectivity index (χ3n) is 4.95. The van der Waals surface area contributed by atoms with E-state index < -0.39 is 0 Å². The SMILES string of the molecule is CCOC(=O)c1ccc(NC(=S)NCc2cn(-c3ccccc3)nc2-c2ccccc2)cc1. The molecule has 3 aromatic carbocycles. The molecule has 0 saturated heterocycles. The van der Waals surface area contributed by atoms with Crippen molar-refractivity contribution in [3.8, 4) is 16.9 Å². The van der Waals surface area contributed by atoms with E-state index in [0.717, 1.165) is 28.2 Å². The van der Waals surface area contributed by atoms with Crippen LogP contribution in [0, 0.1) is 0 Å². The van der Waals surface area contributed by atoms with E-state index in [4.69, 9.17) is 22.1 Å². The molecular weight excluding hydrogens is 432 g/mol. The van der Waals surface area contributed by atoms with Gasteiger partial charge in [0.2, 0.25) is 0 Å². The fourth-order valence-electron chi connectivity index (χ4n) is 3.35. The summed E-state index contributed by atoms with van der Waals surface area (Å²) in [6.07, 6.45) is 2.02. The summed E-state index contributed by atoms with van der Waals surface area (Å²) in [5, 5.41) is 11.7. The molecule has 1 aromatic heterocycles. The van der Waals surface area contributed by atoms with Gasteiger partial charge in [-0.05, 0) is 55.5 Å². The zero-order valence-corrected chi connectivity index (χ0v) is 19.0. The van der Waals surface area contributed by atoms with E-state index >= 15 is 0 Å². The maximum Gasteiger partial charge on any atom is 0.338 e. The molecule has 0 aliphatic heterocycles. The van der Waals surface area contributed by atoms with Crippen LogP contribution in [0.15, 0.2) is 91.1 Å². The minimum Gasteiger partial charge on any atom is -0.462 e. The van der Waals surface area contributed by atoms with Gasteiger partial charge in [-0.2, -0.15) is 5.10 Å². The van der Waals surface area contributed by atoms with Gasteiger partial charge in [0.1, 0.15) is 0 Å². The molecule has 1 heterocycles. The summed E-state index contributed by atoms with van der Waals surface area (Å²) < 4.78 is 6.89. The van der Waals surface area contributed by atoms with Crippen LogP contribution in [0.2, 0.25) is 0 Å². The van der Waals surface area contributed by atoms with Gasteiger partial charge in [0.15, 0.2) is 5.11 Å². The quantitative estimate of drug-likeness (QED) is 0.294. The van der Waals surface area contributed by atoms with Crippen LogP contribution in [0.1, 0.15) is 22.8 Å². The van der Waals surface area contributed by atoms with Gasteiger partial charge in [-0.25, -0.2) is 9.48 Å². The molecule has 0 amide bonds. The van der Waals surface area contributed by atoms with Crippen molar-refractivity contribution in [2.24, 2.45) is 0 Å². The molecule has 0 spiro atoms. The first-order valence-corrected chi connectivity index (χ1v) is 11.1. The molecule has 4 aromatic rings. The highest BCUT2D eigenvalue weighted by Crippen LogP contribution is 2.23. The van der Waals surface area contributed by atoms with E-state index in [1.165, 1.54) is 0 Å². The molecule has 0 aliphatic carbocycles.